The zero-order chi connectivity index (χ0) is 14.8. The topological polar surface area (TPSA) is 58.5 Å². The first-order chi connectivity index (χ1) is 9.26. The number of amidine groups is 1. The summed E-state index contributed by atoms with van der Waals surface area (Å²) in [6.45, 7) is 4.90. The molecule has 1 aromatic carbocycles. The predicted octanol–water partition coefficient (Wildman–Crippen LogP) is 2.45. The predicted molar refractivity (Wildman–Crippen MR) is 85.0 cm³/mol. The van der Waals surface area contributed by atoms with E-state index in [1.165, 1.54) is 6.26 Å². The van der Waals surface area contributed by atoms with Gasteiger partial charge in [0, 0.05) is 17.5 Å². The molecular weight excluding hydrogens is 292 g/mol. The Bertz CT molecular complexity index is 605. The lowest BCUT2D eigenvalue weighted by molar-refractivity contribution is 0.446. The third kappa shape index (κ3) is 4.24. The van der Waals surface area contributed by atoms with E-state index in [4.69, 9.17) is 0 Å². The minimum absolute atomic E-state index is 0.101. The van der Waals surface area contributed by atoms with Crippen LogP contribution in [0.25, 0.3) is 0 Å². The van der Waals surface area contributed by atoms with Crippen LogP contribution in [-0.2, 0) is 16.4 Å². The van der Waals surface area contributed by atoms with Gasteiger partial charge in [-0.2, -0.15) is 0 Å². The van der Waals surface area contributed by atoms with E-state index in [2.05, 4.69) is 24.2 Å². The van der Waals surface area contributed by atoms with E-state index in [1.54, 1.807) is 23.9 Å². The van der Waals surface area contributed by atoms with Crippen LogP contribution < -0.4 is 5.32 Å². The molecule has 0 amide bonds. The monoisotopic (exact) mass is 312 g/mol. The molecule has 1 aliphatic rings. The van der Waals surface area contributed by atoms with Gasteiger partial charge in [-0.05, 0) is 38.0 Å². The van der Waals surface area contributed by atoms with Gasteiger partial charge in [0.05, 0.1) is 11.4 Å². The lowest BCUT2D eigenvalue weighted by atomic mass is 10.0. The van der Waals surface area contributed by atoms with E-state index in [-0.39, 0.29) is 5.54 Å². The lowest BCUT2D eigenvalue weighted by Crippen LogP contribution is -2.46. The van der Waals surface area contributed by atoms with Crippen molar-refractivity contribution in [3.05, 3.63) is 29.8 Å². The van der Waals surface area contributed by atoms with Gasteiger partial charge in [0.1, 0.15) is 0 Å². The Morgan fingerprint density at radius 3 is 2.50 bits per heavy atom. The van der Waals surface area contributed by atoms with Gasteiger partial charge in [0.15, 0.2) is 15.0 Å². The lowest BCUT2D eigenvalue weighted by Gasteiger charge is -2.32. The minimum atomic E-state index is -3.12. The molecule has 2 rings (SSSR count). The summed E-state index contributed by atoms with van der Waals surface area (Å²) < 4.78 is 22.8. The van der Waals surface area contributed by atoms with Crippen LogP contribution in [0.1, 0.15) is 25.8 Å². The van der Waals surface area contributed by atoms with Crippen LogP contribution in [0.3, 0.4) is 0 Å². The Kier molecular flexibility index (Phi) is 4.44. The highest BCUT2D eigenvalue weighted by Crippen LogP contribution is 2.22. The van der Waals surface area contributed by atoms with Crippen LogP contribution in [0.5, 0.6) is 0 Å². The highest BCUT2D eigenvalue weighted by Gasteiger charge is 2.23. The van der Waals surface area contributed by atoms with Gasteiger partial charge in [-0.15, -0.1) is 0 Å². The number of thioether (sulfide) groups is 1. The number of hydrogen-bond acceptors (Lipinski definition) is 4. The second-order valence-electron chi connectivity index (χ2n) is 5.64. The molecule has 0 saturated carbocycles. The molecule has 0 atom stereocenters. The number of sulfone groups is 1. The maximum atomic E-state index is 11.4. The average molecular weight is 312 g/mol. The zero-order valence-corrected chi connectivity index (χ0v) is 13.6. The maximum absolute atomic E-state index is 11.4. The normalized spacial score (nSPS) is 20.6. The number of benzene rings is 1. The standard InChI is InChI=1S/C14H20N2O2S2/c1-14(2)8-9-19-13(16-14)15-10-11-4-6-12(7-5-11)20(3,17)18/h4-7H,8-10H2,1-3H3,(H,15,16). The van der Waals surface area contributed by atoms with E-state index in [1.807, 2.05) is 12.1 Å². The number of nitrogens with one attached hydrogen (secondary N) is 1. The van der Waals surface area contributed by atoms with Crippen molar-refractivity contribution in [3.63, 3.8) is 0 Å². The summed E-state index contributed by atoms with van der Waals surface area (Å²) in [6, 6.07) is 6.91. The molecule has 1 saturated heterocycles. The molecule has 4 nitrogen and oxygen atoms in total. The Hall–Kier alpha value is -1.01. The molecule has 1 aromatic rings. The number of hydrogen-bond donors (Lipinski definition) is 1. The number of rotatable bonds is 3. The van der Waals surface area contributed by atoms with Crippen LogP contribution in [-0.4, -0.2) is 31.1 Å². The van der Waals surface area contributed by atoms with Crippen molar-refractivity contribution in [2.75, 3.05) is 12.0 Å². The number of aliphatic imine (C=N–C) groups is 1. The second-order valence-corrected chi connectivity index (χ2v) is 8.74. The highest BCUT2D eigenvalue weighted by molar-refractivity contribution is 8.13. The van der Waals surface area contributed by atoms with Gasteiger partial charge in [-0.3, -0.25) is 4.99 Å². The van der Waals surface area contributed by atoms with Gasteiger partial charge in [-0.25, -0.2) is 8.42 Å². The summed E-state index contributed by atoms with van der Waals surface area (Å²) in [6.07, 6.45) is 2.34. The van der Waals surface area contributed by atoms with Crippen molar-refractivity contribution in [2.24, 2.45) is 4.99 Å². The van der Waals surface area contributed by atoms with Crippen LogP contribution >= 0.6 is 11.8 Å². The first-order valence-corrected chi connectivity index (χ1v) is 9.38. The summed E-state index contributed by atoms with van der Waals surface area (Å²) in [7, 11) is -3.12. The largest absolute Gasteiger partial charge is 0.360 e. The van der Waals surface area contributed by atoms with Gasteiger partial charge in [-0.1, -0.05) is 23.9 Å². The molecule has 0 radical (unpaired) electrons. The Morgan fingerprint density at radius 2 is 1.95 bits per heavy atom. The first-order valence-electron chi connectivity index (χ1n) is 6.51. The summed E-state index contributed by atoms with van der Waals surface area (Å²) >= 11 is 1.74. The van der Waals surface area contributed by atoms with E-state index in [0.717, 1.165) is 22.9 Å². The number of nitrogens with zero attached hydrogens (tertiary/aromatic N) is 1. The van der Waals surface area contributed by atoms with Gasteiger partial charge in [0.2, 0.25) is 0 Å². The molecule has 0 spiro atoms. The Morgan fingerprint density at radius 1 is 1.30 bits per heavy atom. The molecule has 1 heterocycles. The molecule has 0 aromatic heterocycles. The third-order valence-corrected chi connectivity index (χ3v) is 5.21. The summed E-state index contributed by atoms with van der Waals surface area (Å²) in [4.78, 5) is 4.91. The Labute approximate surface area is 125 Å². The molecule has 0 aliphatic carbocycles. The van der Waals surface area contributed by atoms with E-state index in [9.17, 15) is 8.42 Å². The SMILES string of the molecule is CC1(C)CCSC(=NCc2ccc(S(C)(=O)=O)cc2)N1. The molecule has 1 aliphatic heterocycles. The van der Waals surface area contributed by atoms with Crippen molar-refractivity contribution in [1.29, 1.82) is 0 Å². The summed E-state index contributed by atoms with van der Waals surface area (Å²) in [5.74, 6) is 1.08. The average Bonchev–Trinajstić information content (AvgIpc) is 2.35. The fraction of sp³-hybridized carbons (Fsp3) is 0.500. The van der Waals surface area contributed by atoms with Crippen molar-refractivity contribution in [3.8, 4) is 0 Å². The molecular formula is C14H20N2O2S2. The van der Waals surface area contributed by atoms with Crippen LogP contribution in [0.4, 0.5) is 0 Å². The molecule has 0 unspecified atom stereocenters. The van der Waals surface area contributed by atoms with Gasteiger partial charge < -0.3 is 5.32 Å². The van der Waals surface area contributed by atoms with Crippen LogP contribution in [0.2, 0.25) is 0 Å². The maximum Gasteiger partial charge on any atom is 0.175 e. The first kappa shape index (κ1) is 15.4. The van der Waals surface area contributed by atoms with Crippen molar-refractivity contribution < 1.29 is 8.42 Å². The Balaban J connectivity index is 2.04. The van der Waals surface area contributed by atoms with Crippen LogP contribution in [0.15, 0.2) is 34.2 Å². The molecule has 0 bridgehead atoms. The second kappa shape index (κ2) is 5.77. The van der Waals surface area contributed by atoms with E-state index < -0.39 is 9.84 Å². The minimum Gasteiger partial charge on any atom is -0.360 e. The molecule has 20 heavy (non-hydrogen) atoms. The van der Waals surface area contributed by atoms with Crippen molar-refractivity contribution in [2.45, 2.75) is 37.2 Å². The third-order valence-electron chi connectivity index (χ3n) is 3.17. The zero-order valence-electron chi connectivity index (χ0n) is 12.0. The highest BCUT2D eigenvalue weighted by atomic mass is 32.2. The summed E-state index contributed by atoms with van der Waals surface area (Å²) in [5, 5.41) is 4.38. The fourth-order valence-electron chi connectivity index (χ4n) is 1.88. The van der Waals surface area contributed by atoms with Crippen molar-refractivity contribution >= 4 is 26.8 Å². The smallest absolute Gasteiger partial charge is 0.175 e. The van der Waals surface area contributed by atoms with Crippen molar-refractivity contribution in [1.82, 2.24) is 5.32 Å². The molecule has 1 N–H and O–H groups in total. The van der Waals surface area contributed by atoms with Gasteiger partial charge >= 0.3 is 0 Å². The van der Waals surface area contributed by atoms with Crippen LogP contribution in [0, 0.1) is 0 Å². The molecule has 1 fully saturated rings. The molecule has 110 valence electrons. The molecule has 6 heteroatoms. The van der Waals surface area contributed by atoms with E-state index >= 15 is 0 Å². The van der Waals surface area contributed by atoms with Gasteiger partial charge in [0.25, 0.3) is 0 Å². The van der Waals surface area contributed by atoms with E-state index in [0.29, 0.717) is 11.4 Å². The quantitative estimate of drug-likeness (QED) is 0.931. The fourth-order valence-corrected chi connectivity index (χ4v) is 3.82. The summed E-state index contributed by atoms with van der Waals surface area (Å²) in [5.41, 5.74) is 1.11.